The van der Waals surface area contributed by atoms with Gasteiger partial charge < -0.3 is 15.8 Å². The van der Waals surface area contributed by atoms with Gasteiger partial charge in [0.05, 0.1) is 33.2 Å². The zero-order valence-corrected chi connectivity index (χ0v) is 13.1. The van der Waals surface area contributed by atoms with E-state index < -0.39 is 5.82 Å². The van der Waals surface area contributed by atoms with Gasteiger partial charge >= 0.3 is 0 Å². The molecule has 0 unspecified atom stereocenters. The highest BCUT2D eigenvalue weighted by atomic mass is 35.5. The molecule has 21 heavy (non-hydrogen) atoms. The van der Waals surface area contributed by atoms with E-state index >= 15 is 0 Å². The zero-order chi connectivity index (χ0) is 15.6. The summed E-state index contributed by atoms with van der Waals surface area (Å²) in [4.78, 5) is 0. The first-order chi connectivity index (χ1) is 9.88. The van der Waals surface area contributed by atoms with E-state index in [0.717, 1.165) is 0 Å². The molecule has 0 amide bonds. The topological polar surface area (TPSA) is 47.3 Å². The van der Waals surface area contributed by atoms with Crippen LogP contribution in [0.1, 0.15) is 13.8 Å². The van der Waals surface area contributed by atoms with Crippen LogP contribution < -0.4 is 15.8 Å². The Balaban J connectivity index is 2.37. The number of halogens is 3. The van der Waals surface area contributed by atoms with Crippen LogP contribution in [0, 0.1) is 5.82 Å². The SMILES string of the molecule is CC(C)Oc1cc(Nc2cccc(Cl)c2Cl)c(N)cc1F. The molecule has 6 heteroatoms. The van der Waals surface area contributed by atoms with Crippen LogP contribution in [0.5, 0.6) is 5.75 Å². The third kappa shape index (κ3) is 3.71. The summed E-state index contributed by atoms with van der Waals surface area (Å²) < 4.78 is 19.2. The normalized spacial score (nSPS) is 10.8. The first-order valence-electron chi connectivity index (χ1n) is 6.35. The zero-order valence-electron chi connectivity index (χ0n) is 11.6. The molecule has 0 atom stereocenters. The third-order valence-corrected chi connectivity index (χ3v) is 3.51. The summed E-state index contributed by atoms with van der Waals surface area (Å²) in [6.45, 7) is 3.63. The molecule has 0 aliphatic carbocycles. The van der Waals surface area contributed by atoms with Crippen molar-refractivity contribution in [2.45, 2.75) is 20.0 Å². The van der Waals surface area contributed by atoms with E-state index in [-0.39, 0.29) is 17.5 Å². The van der Waals surface area contributed by atoms with Gasteiger partial charge in [-0.3, -0.25) is 0 Å². The van der Waals surface area contributed by atoms with Gasteiger partial charge in [-0.25, -0.2) is 4.39 Å². The Labute approximate surface area is 132 Å². The van der Waals surface area contributed by atoms with E-state index in [1.807, 2.05) is 13.8 Å². The third-order valence-electron chi connectivity index (χ3n) is 2.69. The quantitative estimate of drug-likeness (QED) is 0.754. The van der Waals surface area contributed by atoms with E-state index in [2.05, 4.69) is 5.32 Å². The van der Waals surface area contributed by atoms with Crippen molar-refractivity contribution >= 4 is 40.3 Å². The number of hydrogen-bond donors (Lipinski definition) is 2. The lowest BCUT2D eigenvalue weighted by Crippen LogP contribution is -2.08. The largest absolute Gasteiger partial charge is 0.488 e. The van der Waals surface area contributed by atoms with Crippen molar-refractivity contribution in [1.82, 2.24) is 0 Å². The highest BCUT2D eigenvalue weighted by Gasteiger charge is 2.12. The molecule has 0 radical (unpaired) electrons. The summed E-state index contributed by atoms with van der Waals surface area (Å²) in [7, 11) is 0. The number of nitrogens with two attached hydrogens (primary N) is 1. The summed E-state index contributed by atoms with van der Waals surface area (Å²) in [5.74, 6) is -0.385. The van der Waals surface area contributed by atoms with Gasteiger partial charge in [-0.2, -0.15) is 0 Å². The van der Waals surface area contributed by atoms with E-state index in [9.17, 15) is 4.39 Å². The Morgan fingerprint density at radius 2 is 1.90 bits per heavy atom. The standard InChI is InChI=1S/C15H15Cl2FN2O/c1-8(2)21-14-7-13(11(19)6-10(14)18)20-12-5-3-4-9(16)15(12)17/h3-8,20H,19H2,1-2H3. The molecule has 2 aromatic carbocycles. The predicted octanol–water partition coefficient (Wildman–Crippen LogP) is 5.25. The highest BCUT2D eigenvalue weighted by molar-refractivity contribution is 6.43. The van der Waals surface area contributed by atoms with Gasteiger partial charge in [0.1, 0.15) is 0 Å². The number of ether oxygens (including phenoxy) is 1. The van der Waals surface area contributed by atoms with Crippen LogP contribution in [0.4, 0.5) is 21.5 Å². The Hall–Kier alpha value is -1.65. The number of rotatable bonds is 4. The first-order valence-corrected chi connectivity index (χ1v) is 7.10. The van der Waals surface area contributed by atoms with Crippen LogP contribution in [-0.4, -0.2) is 6.10 Å². The molecule has 0 heterocycles. The predicted molar refractivity (Wildman–Crippen MR) is 86.3 cm³/mol. The second-order valence-corrected chi connectivity index (χ2v) is 5.55. The summed E-state index contributed by atoms with van der Waals surface area (Å²) in [5.41, 5.74) is 7.15. The van der Waals surface area contributed by atoms with Crippen molar-refractivity contribution < 1.29 is 9.13 Å². The average molecular weight is 329 g/mol. The number of benzene rings is 2. The molecule has 3 nitrogen and oxygen atoms in total. The second kappa shape index (κ2) is 6.41. The molecular weight excluding hydrogens is 314 g/mol. The lowest BCUT2D eigenvalue weighted by molar-refractivity contribution is 0.231. The van der Waals surface area contributed by atoms with Gasteiger partial charge in [0.25, 0.3) is 0 Å². The van der Waals surface area contributed by atoms with Gasteiger partial charge in [0.15, 0.2) is 11.6 Å². The minimum atomic E-state index is -0.510. The van der Waals surface area contributed by atoms with E-state index in [1.165, 1.54) is 12.1 Å². The van der Waals surface area contributed by atoms with Crippen LogP contribution in [0.3, 0.4) is 0 Å². The van der Waals surface area contributed by atoms with E-state index in [1.54, 1.807) is 18.2 Å². The van der Waals surface area contributed by atoms with Crippen LogP contribution in [0.15, 0.2) is 30.3 Å². The number of hydrogen-bond acceptors (Lipinski definition) is 3. The van der Waals surface area contributed by atoms with E-state index in [4.69, 9.17) is 33.7 Å². The molecule has 0 bridgehead atoms. The molecule has 0 fully saturated rings. The van der Waals surface area contributed by atoms with Crippen molar-refractivity contribution in [2.75, 3.05) is 11.1 Å². The van der Waals surface area contributed by atoms with Crippen molar-refractivity contribution in [2.24, 2.45) is 0 Å². The Kier molecular flexibility index (Phi) is 4.80. The molecule has 0 aliphatic rings. The van der Waals surface area contributed by atoms with Crippen molar-refractivity contribution in [3.63, 3.8) is 0 Å². The fourth-order valence-electron chi connectivity index (χ4n) is 1.77. The van der Waals surface area contributed by atoms with Crippen LogP contribution >= 0.6 is 23.2 Å². The highest BCUT2D eigenvalue weighted by Crippen LogP contribution is 2.35. The van der Waals surface area contributed by atoms with Gasteiger partial charge in [-0.1, -0.05) is 29.3 Å². The van der Waals surface area contributed by atoms with Gasteiger partial charge in [-0.05, 0) is 26.0 Å². The summed E-state index contributed by atoms with van der Waals surface area (Å²) >= 11 is 12.1. The molecule has 0 aliphatic heterocycles. The molecule has 112 valence electrons. The van der Waals surface area contributed by atoms with Crippen molar-refractivity contribution in [1.29, 1.82) is 0 Å². The number of anilines is 3. The van der Waals surface area contributed by atoms with Gasteiger partial charge in [0.2, 0.25) is 0 Å². The molecule has 3 N–H and O–H groups in total. The fraction of sp³-hybridized carbons (Fsp3) is 0.200. The van der Waals surface area contributed by atoms with Crippen LogP contribution in [0.25, 0.3) is 0 Å². The molecule has 0 saturated heterocycles. The molecule has 2 rings (SSSR count). The first kappa shape index (κ1) is 15.7. The maximum atomic E-state index is 13.8. The molecule has 2 aromatic rings. The maximum Gasteiger partial charge on any atom is 0.167 e. The molecule has 0 spiro atoms. The summed E-state index contributed by atoms with van der Waals surface area (Å²) in [6, 6.07) is 7.89. The Morgan fingerprint density at radius 1 is 1.19 bits per heavy atom. The Bertz CT molecular complexity index is 662. The fourth-order valence-corrected chi connectivity index (χ4v) is 2.11. The van der Waals surface area contributed by atoms with Gasteiger partial charge in [-0.15, -0.1) is 0 Å². The summed E-state index contributed by atoms with van der Waals surface area (Å²) in [6.07, 6.45) is -0.147. The Morgan fingerprint density at radius 3 is 2.57 bits per heavy atom. The van der Waals surface area contributed by atoms with Gasteiger partial charge in [0, 0.05) is 12.1 Å². The number of nitrogens with one attached hydrogen (secondary N) is 1. The molecular formula is C15H15Cl2FN2O. The lowest BCUT2D eigenvalue weighted by Gasteiger charge is -2.16. The summed E-state index contributed by atoms with van der Waals surface area (Å²) in [5, 5.41) is 3.82. The number of nitrogen functional groups attached to an aromatic ring is 1. The minimum absolute atomic E-state index is 0.125. The van der Waals surface area contributed by atoms with Crippen molar-refractivity contribution in [3.8, 4) is 5.75 Å². The van der Waals surface area contributed by atoms with Crippen LogP contribution in [0.2, 0.25) is 10.0 Å². The smallest absolute Gasteiger partial charge is 0.167 e. The maximum absolute atomic E-state index is 13.8. The average Bonchev–Trinajstić information content (AvgIpc) is 2.40. The van der Waals surface area contributed by atoms with Crippen molar-refractivity contribution in [3.05, 3.63) is 46.2 Å². The molecule has 0 aromatic heterocycles. The van der Waals surface area contributed by atoms with Crippen LogP contribution in [-0.2, 0) is 0 Å². The second-order valence-electron chi connectivity index (χ2n) is 4.76. The van der Waals surface area contributed by atoms with E-state index in [0.29, 0.717) is 21.4 Å². The minimum Gasteiger partial charge on any atom is -0.488 e. The monoisotopic (exact) mass is 328 g/mol. The molecule has 0 saturated carbocycles. The lowest BCUT2D eigenvalue weighted by atomic mass is 10.2.